The molecule has 1 atom stereocenters. The van der Waals surface area contributed by atoms with Crippen molar-refractivity contribution in [1.82, 2.24) is 20.6 Å². The normalized spacial score (nSPS) is 12.4. The standard InChI is InChI=1S/C9H10ClN5O/c1-16-6-4-2-3-5(10)7(6)8(11)9-12-14-15-13-9/h2-4,8H,11H2,1H3,(H,12,13,14,15). The summed E-state index contributed by atoms with van der Waals surface area (Å²) in [5, 5.41) is 14.0. The van der Waals surface area contributed by atoms with Gasteiger partial charge in [-0.1, -0.05) is 22.9 Å². The summed E-state index contributed by atoms with van der Waals surface area (Å²) in [4.78, 5) is 0. The highest BCUT2D eigenvalue weighted by Gasteiger charge is 2.20. The first kappa shape index (κ1) is 10.8. The van der Waals surface area contributed by atoms with Crippen LogP contribution >= 0.6 is 11.6 Å². The zero-order valence-electron chi connectivity index (χ0n) is 8.51. The van der Waals surface area contributed by atoms with Crippen molar-refractivity contribution in [2.24, 2.45) is 5.73 Å². The molecule has 6 nitrogen and oxygen atoms in total. The van der Waals surface area contributed by atoms with Gasteiger partial charge in [-0.3, -0.25) is 0 Å². The number of nitrogens with two attached hydrogens (primary N) is 1. The van der Waals surface area contributed by atoms with Crippen molar-refractivity contribution in [3.05, 3.63) is 34.6 Å². The molecule has 84 valence electrons. The van der Waals surface area contributed by atoms with Crippen LogP contribution in [0, 0.1) is 0 Å². The van der Waals surface area contributed by atoms with Crippen molar-refractivity contribution in [3.8, 4) is 5.75 Å². The van der Waals surface area contributed by atoms with Crippen LogP contribution in [0.25, 0.3) is 0 Å². The van der Waals surface area contributed by atoms with E-state index in [0.717, 1.165) is 0 Å². The molecule has 2 rings (SSSR count). The van der Waals surface area contributed by atoms with Crippen LogP contribution in [0.5, 0.6) is 5.75 Å². The summed E-state index contributed by atoms with van der Waals surface area (Å²) in [5.41, 5.74) is 6.63. The number of halogens is 1. The fourth-order valence-corrected chi connectivity index (χ4v) is 1.71. The number of ether oxygens (including phenoxy) is 1. The average Bonchev–Trinajstić information content (AvgIpc) is 2.81. The van der Waals surface area contributed by atoms with E-state index in [1.54, 1.807) is 25.3 Å². The molecule has 16 heavy (non-hydrogen) atoms. The van der Waals surface area contributed by atoms with Crippen LogP contribution in [-0.4, -0.2) is 27.7 Å². The summed E-state index contributed by atoms with van der Waals surface area (Å²) in [6.45, 7) is 0. The summed E-state index contributed by atoms with van der Waals surface area (Å²) in [7, 11) is 1.55. The van der Waals surface area contributed by atoms with Crippen molar-refractivity contribution in [1.29, 1.82) is 0 Å². The van der Waals surface area contributed by atoms with Gasteiger partial charge in [-0.15, -0.1) is 10.2 Å². The van der Waals surface area contributed by atoms with Crippen LogP contribution in [0.4, 0.5) is 0 Å². The Morgan fingerprint density at radius 2 is 2.31 bits per heavy atom. The van der Waals surface area contributed by atoms with E-state index in [1.807, 2.05) is 0 Å². The van der Waals surface area contributed by atoms with Crippen LogP contribution in [-0.2, 0) is 0 Å². The quantitative estimate of drug-likeness (QED) is 0.831. The number of aromatic amines is 1. The second-order valence-electron chi connectivity index (χ2n) is 3.10. The maximum absolute atomic E-state index is 6.07. The zero-order chi connectivity index (χ0) is 11.5. The molecule has 0 radical (unpaired) electrons. The van der Waals surface area contributed by atoms with E-state index >= 15 is 0 Å². The average molecular weight is 240 g/mol. The van der Waals surface area contributed by atoms with Crippen molar-refractivity contribution in [2.45, 2.75) is 6.04 Å². The largest absolute Gasteiger partial charge is 0.496 e. The minimum Gasteiger partial charge on any atom is -0.496 e. The van der Waals surface area contributed by atoms with Gasteiger partial charge in [0.15, 0.2) is 5.82 Å². The maximum atomic E-state index is 6.07. The summed E-state index contributed by atoms with van der Waals surface area (Å²) in [5.74, 6) is 0.969. The number of nitrogens with one attached hydrogen (secondary N) is 1. The number of rotatable bonds is 3. The van der Waals surface area contributed by atoms with E-state index in [9.17, 15) is 0 Å². The number of tetrazole rings is 1. The van der Waals surface area contributed by atoms with Crippen LogP contribution < -0.4 is 10.5 Å². The topological polar surface area (TPSA) is 89.7 Å². The van der Waals surface area contributed by atoms with Gasteiger partial charge in [0.1, 0.15) is 5.75 Å². The van der Waals surface area contributed by atoms with Gasteiger partial charge in [0.2, 0.25) is 0 Å². The molecule has 0 bridgehead atoms. The number of hydrogen-bond donors (Lipinski definition) is 2. The van der Waals surface area contributed by atoms with Crippen molar-refractivity contribution in [3.63, 3.8) is 0 Å². The van der Waals surface area contributed by atoms with Crippen LogP contribution in [0.3, 0.4) is 0 Å². The summed E-state index contributed by atoms with van der Waals surface area (Å²) in [6.07, 6.45) is 0. The highest BCUT2D eigenvalue weighted by Crippen LogP contribution is 2.32. The summed E-state index contributed by atoms with van der Waals surface area (Å²) in [6, 6.07) is 4.73. The lowest BCUT2D eigenvalue weighted by Crippen LogP contribution is -2.15. The van der Waals surface area contributed by atoms with Crippen molar-refractivity contribution >= 4 is 11.6 Å². The predicted molar refractivity (Wildman–Crippen MR) is 58.2 cm³/mol. The molecule has 3 N–H and O–H groups in total. The molecule has 0 spiro atoms. The molecule has 1 unspecified atom stereocenters. The molecule has 7 heteroatoms. The van der Waals surface area contributed by atoms with E-state index in [-0.39, 0.29) is 0 Å². The first-order valence-electron chi connectivity index (χ1n) is 4.55. The molecule has 0 aliphatic carbocycles. The van der Waals surface area contributed by atoms with Gasteiger partial charge < -0.3 is 10.5 Å². The SMILES string of the molecule is COc1cccc(Cl)c1C(N)c1nn[nH]n1. The van der Waals surface area contributed by atoms with Gasteiger partial charge in [0.05, 0.1) is 13.2 Å². The van der Waals surface area contributed by atoms with Gasteiger partial charge in [0.25, 0.3) is 0 Å². The third-order valence-electron chi connectivity index (χ3n) is 2.18. The summed E-state index contributed by atoms with van der Waals surface area (Å²) >= 11 is 6.07. The fourth-order valence-electron chi connectivity index (χ4n) is 1.43. The molecule has 0 aliphatic rings. The highest BCUT2D eigenvalue weighted by molar-refractivity contribution is 6.31. The minimum absolute atomic E-state index is 0.367. The highest BCUT2D eigenvalue weighted by atomic mass is 35.5. The smallest absolute Gasteiger partial charge is 0.195 e. The first-order chi connectivity index (χ1) is 7.74. The van der Waals surface area contributed by atoms with Gasteiger partial charge >= 0.3 is 0 Å². The van der Waals surface area contributed by atoms with E-state index in [1.165, 1.54) is 0 Å². The number of methoxy groups -OCH3 is 1. The van der Waals surface area contributed by atoms with Crippen LogP contribution in [0.2, 0.25) is 5.02 Å². The molecule has 0 saturated heterocycles. The van der Waals surface area contributed by atoms with E-state index < -0.39 is 6.04 Å². The van der Waals surface area contributed by atoms with Crippen molar-refractivity contribution < 1.29 is 4.74 Å². The molecular formula is C9H10ClN5O. The number of H-pyrrole nitrogens is 1. The zero-order valence-corrected chi connectivity index (χ0v) is 9.27. The van der Waals surface area contributed by atoms with E-state index in [2.05, 4.69) is 20.6 Å². The molecule has 2 aromatic rings. The van der Waals surface area contributed by atoms with Gasteiger partial charge in [-0.2, -0.15) is 5.21 Å². The molecule has 0 saturated carbocycles. The van der Waals surface area contributed by atoms with Crippen molar-refractivity contribution in [2.75, 3.05) is 7.11 Å². The molecule has 0 aliphatic heterocycles. The maximum Gasteiger partial charge on any atom is 0.195 e. The van der Waals surface area contributed by atoms with Crippen LogP contribution in [0.1, 0.15) is 17.4 Å². The molecular weight excluding hydrogens is 230 g/mol. The first-order valence-corrected chi connectivity index (χ1v) is 4.93. The monoisotopic (exact) mass is 239 g/mol. The van der Waals surface area contributed by atoms with Crippen LogP contribution in [0.15, 0.2) is 18.2 Å². The third-order valence-corrected chi connectivity index (χ3v) is 2.51. The Morgan fingerprint density at radius 3 is 2.94 bits per heavy atom. The molecule has 1 aromatic carbocycles. The lowest BCUT2D eigenvalue weighted by Gasteiger charge is -2.13. The molecule has 0 amide bonds. The Morgan fingerprint density at radius 1 is 1.50 bits per heavy atom. The minimum atomic E-state index is -0.567. The number of benzene rings is 1. The number of hydrogen-bond acceptors (Lipinski definition) is 5. The third kappa shape index (κ3) is 1.84. The van der Waals surface area contributed by atoms with Gasteiger partial charge in [-0.05, 0) is 12.1 Å². The Bertz CT molecular complexity index is 473. The molecule has 1 heterocycles. The molecule has 1 aromatic heterocycles. The Hall–Kier alpha value is -1.66. The Kier molecular flexibility index (Phi) is 3.02. The van der Waals surface area contributed by atoms with E-state index in [0.29, 0.717) is 22.2 Å². The second-order valence-corrected chi connectivity index (χ2v) is 3.51. The number of aromatic nitrogens is 4. The predicted octanol–water partition coefficient (Wildman–Crippen LogP) is 0.910. The number of nitrogens with zero attached hydrogens (tertiary/aromatic N) is 3. The Labute approximate surface area is 96.7 Å². The fraction of sp³-hybridized carbons (Fsp3) is 0.222. The Balaban J connectivity index is 2.47. The summed E-state index contributed by atoms with van der Waals surface area (Å²) < 4.78 is 5.19. The van der Waals surface area contributed by atoms with Gasteiger partial charge in [-0.25, -0.2) is 0 Å². The lowest BCUT2D eigenvalue weighted by molar-refractivity contribution is 0.407. The van der Waals surface area contributed by atoms with E-state index in [4.69, 9.17) is 22.1 Å². The van der Waals surface area contributed by atoms with Gasteiger partial charge in [0, 0.05) is 10.6 Å². The lowest BCUT2D eigenvalue weighted by atomic mass is 10.1. The molecule has 0 fully saturated rings. The second kappa shape index (κ2) is 4.46.